The summed E-state index contributed by atoms with van der Waals surface area (Å²) >= 11 is 0. The minimum absolute atomic E-state index is 0.187. The van der Waals surface area contributed by atoms with Crippen molar-refractivity contribution < 1.29 is 13.5 Å². The zero-order chi connectivity index (χ0) is 15.7. The van der Waals surface area contributed by atoms with Gasteiger partial charge in [-0.2, -0.15) is 8.78 Å². The molecule has 0 aromatic heterocycles. The van der Waals surface area contributed by atoms with E-state index in [1.807, 2.05) is 11.9 Å². The summed E-state index contributed by atoms with van der Waals surface area (Å²) < 4.78 is 29.2. The van der Waals surface area contributed by atoms with Crippen molar-refractivity contribution in [1.82, 2.24) is 10.2 Å². The SMILES string of the molecule is CCCCN(C)C(=NC)NCc1ccccc1OC(F)F. The summed E-state index contributed by atoms with van der Waals surface area (Å²) in [6, 6.07) is 6.75. The number of hydrogen-bond acceptors (Lipinski definition) is 2. The number of hydrogen-bond donors (Lipinski definition) is 1. The van der Waals surface area contributed by atoms with E-state index in [0.717, 1.165) is 25.3 Å². The van der Waals surface area contributed by atoms with E-state index in [1.165, 1.54) is 6.07 Å². The van der Waals surface area contributed by atoms with E-state index in [1.54, 1.807) is 25.2 Å². The van der Waals surface area contributed by atoms with Gasteiger partial charge in [-0.15, -0.1) is 0 Å². The molecular formula is C15H23F2N3O. The second-order valence-corrected chi connectivity index (χ2v) is 4.66. The number of halogens is 2. The minimum Gasteiger partial charge on any atom is -0.434 e. The first-order valence-corrected chi connectivity index (χ1v) is 7.03. The smallest absolute Gasteiger partial charge is 0.387 e. The highest BCUT2D eigenvalue weighted by Gasteiger charge is 2.10. The van der Waals surface area contributed by atoms with Gasteiger partial charge < -0.3 is 15.0 Å². The number of alkyl halides is 2. The van der Waals surface area contributed by atoms with E-state index in [4.69, 9.17) is 0 Å². The molecule has 1 aromatic carbocycles. The van der Waals surface area contributed by atoms with Gasteiger partial charge in [-0.3, -0.25) is 4.99 Å². The average Bonchev–Trinajstić information content (AvgIpc) is 2.46. The van der Waals surface area contributed by atoms with Gasteiger partial charge in [-0.1, -0.05) is 31.5 Å². The molecule has 0 unspecified atom stereocenters. The Kier molecular flexibility index (Phi) is 7.50. The van der Waals surface area contributed by atoms with E-state index >= 15 is 0 Å². The Labute approximate surface area is 124 Å². The molecule has 1 aromatic rings. The average molecular weight is 299 g/mol. The number of nitrogens with one attached hydrogen (secondary N) is 1. The maximum absolute atomic E-state index is 12.4. The Bertz CT molecular complexity index is 452. The van der Waals surface area contributed by atoms with Crippen LogP contribution in [0.5, 0.6) is 5.75 Å². The van der Waals surface area contributed by atoms with E-state index < -0.39 is 6.61 Å². The largest absolute Gasteiger partial charge is 0.434 e. The van der Waals surface area contributed by atoms with Gasteiger partial charge in [0.25, 0.3) is 0 Å². The molecule has 0 aliphatic heterocycles. The number of guanidine groups is 1. The molecule has 0 radical (unpaired) electrons. The number of ether oxygens (including phenoxy) is 1. The molecule has 0 atom stereocenters. The summed E-state index contributed by atoms with van der Waals surface area (Å²) in [6.45, 7) is 0.581. The molecule has 1 rings (SSSR count). The lowest BCUT2D eigenvalue weighted by atomic mass is 10.2. The van der Waals surface area contributed by atoms with Crippen LogP contribution < -0.4 is 10.1 Å². The summed E-state index contributed by atoms with van der Waals surface area (Å²) in [7, 11) is 3.65. The van der Waals surface area contributed by atoms with Crippen LogP contribution in [0.4, 0.5) is 8.78 Å². The lowest BCUT2D eigenvalue weighted by Crippen LogP contribution is -2.39. The molecule has 0 amide bonds. The Morgan fingerprint density at radius 2 is 2.10 bits per heavy atom. The molecule has 6 heteroatoms. The molecule has 1 N–H and O–H groups in total. The topological polar surface area (TPSA) is 36.9 Å². The molecular weight excluding hydrogens is 276 g/mol. The first-order chi connectivity index (χ1) is 10.1. The van der Waals surface area contributed by atoms with Gasteiger partial charge in [0.15, 0.2) is 5.96 Å². The van der Waals surface area contributed by atoms with Crippen LogP contribution in [0.25, 0.3) is 0 Å². The van der Waals surface area contributed by atoms with Gasteiger partial charge in [-0.25, -0.2) is 0 Å². The fourth-order valence-corrected chi connectivity index (χ4v) is 1.92. The highest BCUT2D eigenvalue weighted by molar-refractivity contribution is 5.79. The van der Waals surface area contributed by atoms with Crippen LogP contribution in [0.1, 0.15) is 25.3 Å². The summed E-state index contributed by atoms with van der Waals surface area (Å²) in [5.74, 6) is 0.918. The van der Waals surface area contributed by atoms with Crippen molar-refractivity contribution in [1.29, 1.82) is 0 Å². The fraction of sp³-hybridized carbons (Fsp3) is 0.533. The molecule has 0 saturated carbocycles. The third kappa shape index (κ3) is 5.97. The van der Waals surface area contributed by atoms with Gasteiger partial charge in [0, 0.05) is 32.7 Å². The predicted molar refractivity (Wildman–Crippen MR) is 80.8 cm³/mol. The van der Waals surface area contributed by atoms with Crippen LogP contribution in [0.3, 0.4) is 0 Å². The predicted octanol–water partition coefficient (Wildman–Crippen LogP) is 3.10. The molecule has 21 heavy (non-hydrogen) atoms. The van der Waals surface area contributed by atoms with Gasteiger partial charge >= 0.3 is 6.61 Å². The lowest BCUT2D eigenvalue weighted by molar-refractivity contribution is -0.0504. The van der Waals surface area contributed by atoms with Crippen LogP contribution in [-0.2, 0) is 6.54 Å². The highest BCUT2D eigenvalue weighted by atomic mass is 19.3. The van der Waals surface area contributed by atoms with Gasteiger partial charge in [0.2, 0.25) is 0 Å². The van der Waals surface area contributed by atoms with E-state index in [2.05, 4.69) is 22.0 Å². The summed E-state index contributed by atoms with van der Waals surface area (Å²) in [6.07, 6.45) is 2.18. The Hall–Kier alpha value is -1.85. The number of rotatable bonds is 7. The summed E-state index contributed by atoms with van der Waals surface area (Å²) in [4.78, 5) is 6.20. The fourth-order valence-electron chi connectivity index (χ4n) is 1.92. The standard InChI is InChI=1S/C15H23F2N3O/c1-4-5-10-20(3)15(18-2)19-11-12-8-6-7-9-13(12)21-14(16)17/h6-9,14H,4-5,10-11H2,1-3H3,(H,18,19). The quantitative estimate of drug-likeness (QED) is 0.621. The van der Waals surface area contributed by atoms with Crippen molar-refractivity contribution in [3.63, 3.8) is 0 Å². The third-order valence-corrected chi connectivity index (χ3v) is 3.05. The zero-order valence-corrected chi connectivity index (χ0v) is 12.8. The van der Waals surface area contributed by atoms with E-state index in [0.29, 0.717) is 12.1 Å². The number of aliphatic imine (C=N–C) groups is 1. The van der Waals surface area contributed by atoms with Crippen molar-refractivity contribution in [3.8, 4) is 5.75 Å². The van der Waals surface area contributed by atoms with Gasteiger partial charge in [-0.05, 0) is 12.5 Å². The first kappa shape index (κ1) is 17.2. The van der Waals surface area contributed by atoms with Crippen molar-refractivity contribution in [2.75, 3.05) is 20.6 Å². The second kappa shape index (κ2) is 9.15. The van der Waals surface area contributed by atoms with Gasteiger partial charge in [0.05, 0.1) is 0 Å². The maximum Gasteiger partial charge on any atom is 0.387 e. The number of para-hydroxylation sites is 1. The van der Waals surface area contributed by atoms with E-state index in [9.17, 15) is 8.78 Å². The zero-order valence-electron chi connectivity index (χ0n) is 12.8. The molecule has 0 aliphatic rings. The Morgan fingerprint density at radius 3 is 2.71 bits per heavy atom. The number of unbranched alkanes of at least 4 members (excludes halogenated alkanes) is 1. The van der Waals surface area contributed by atoms with Gasteiger partial charge in [0.1, 0.15) is 5.75 Å². The van der Waals surface area contributed by atoms with Crippen LogP contribution >= 0.6 is 0 Å². The first-order valence-electron chi connectivity index (χ1n) is 7.03. The molecule has 0 bridgehead atoms. The molecule has 0 heterocycles. The summed E-state index contributed by atoms with van der Waals surface area (Å²) in [5.41, 5.74) is 0.669. The Morgan fingerprint density at radius 1 is 1.38 bits per heavy atom. The lowest BCUT2D eigenvalue weighted by Gasteiger charge is -2.22. The van der Waals surface area contributed by atoms with Crippen molar-refractivity contribution in [2.24, 2.45) is 4.99 Å². The molecule has 118 valence electrons. The molecule has 0 fully saturated rings. The number of nitrogens with zero attached hydrogens (tertiary/aromatic N) is 2. The molecule has 0 spiro atoms. The van der Waals surface area contributed by atoms with Crippen LogP contribution in [0, 0.1) is 0 Å². The van der Waals surface area contributed by atoms with E-state index in [-0.39, 0.29) is 5.75 Å². The van der Waals surface area contributed by atoms with Crippen LogP contribution in [-0.4, -0.2) is 38.1 Å². The Balaban J connectivity index is 2.65. The second-order valence-electron chi connectivity index (χ2n) is 4.66. The molecule has 0 aliphatic carbocycles. The van der Waals surface area contributed by atoms with Crippen molar-refractivity contribution in [3.05, 3.63) is 29.8 Å². The summed E-state index contributed by atoms with van der Waals surface area (Å²) in [5, 5.41) is 3.16. The van der Waals surface area contributed by atoms with Crippen LogP contribution in [0.15, 0.2) is 29.3 Å². The third-order valence-electron chi connectivity index (χ3n) is 3.05. The number of benzene rings is 1. The normalized spacial score (nSPS) is 11.6. The molecule has 4 nitrogen and oxygen atoms in total. The minimum atomic E-state index is -2.82. The molecule has 0 saturated heterocycles. The maximum atomic E-state index is 12.4. The van der Waals surface area contributed by atoms with Crippen molar-refractivity contribution in [2.45, 2.75) is 32.9 Å². The van der Waals surface area contributed by atoms with Crippen molar-refractivity contribution >= 4 is 5.96 Å². The highest BCUT2D eigenvalue weighted by Crippen LogP contribution is 2.19. The monoisotopic (exact) mass is 299 g/mol. The van der Waals surface area contributed by atoms with Crippen LogP contribution in [0.2, 0.25) is 0 Å².